The number of benzene rings is 1. The minimum atomic E-state index is -0.469. The second-order valence-electron chi connectivity index (χ2n) is 4.48. The molecular weight excluding hydrogens is 266 g/mol. The molecule has 3 rings (SSSR count). The van der Waals surface area contributed by atoms with Gasteiger partial charge in [-0.25, -0.2) is 9.78 Å². The van der Waals surface area contributed by atoms with Crippen LogP contribution in [0.25, 0.3) is 11.5 Å². The van der Waals surface area contributed by atoms with Gasteiger partial charge in [-0.2, -0.15) is 0 Å². The van der Waals surface area contributed by atoms with Crippen LogP contribution in [-0.2, 0) is 4.74 Å². The van der Waals surface area contributed by atoms with E-state index in [4.69, 9.17) is 20.8 Å². The molecule has 0 spiro atoms. The second kappa shape index (κ2) is 4.70. The third kappa shape index (κ3) is 2.24. The number of aromatic nitrogens is 1. The van der Waals surface area contributed by atoms with E-state index in [1.165, 1.54) is 7.11 Å². The van der Waals surface area contributed by atoms with Gasteiger partial charge in [-0.05, 0) is 25.0 Å². The highest BCUT2D eigenvalue weighted by molar-refractivity contribution is 6.33. The molecule has 98 valence electrons. The first-order valence-corrected chi connectivity index (χ1v) is 6.42. The lowest BCUT2D eigenvalue weighted by Gasteiger charge is -1.97. The van der Waals surface area contributed by atoms with Gasteiger partial charge in [0.1, 0.15) is 5.76 Å². The molecule has 1 aliphatic rings. The largest absolute Gasteiger partial charge is 0.464 e. The Hall–Kier alpha value is -1.81. The van der Waals surface area contributed by atoms with Crippen molar-refractivity contribution < 1.29 is 13.9 Å². The fraction of sp³-hybridized carbons (Fsp3) is 0.286. The number of hydrogen-bond donors (Lipinski definition) is 0. The summed E-state index contributed by atoms with van der Waals surface area (Å²) in [6.07, 6.45) is 2.03. The topological polar surface area (TPSA) is 52.3 Å². The van der Waals surface area contributed by atoms with Crippen LogP contribution in [0.1, 0.15) is 35.0 Å². The number of halogens is 1. The smallest absolute Gasteiger partial charge is 0.360 e. The highest BCUT2D eigenvalue weighted by atomic mass is 35.5. The van der Waals surface area contributed by atoms with Crippen molar-refractivity contribution in [3.63, 3.8) is 0 Å². The van der Waals surface area contributed by atoms with Gasteiger partial charge < -0.3 is 9.15 Å². The van der Waals surface area contributed by atoms with E-state index < -0.39 is 5.97 Å². The summed E-state index contributed by atoms with van der Waals surface area (Å²) in [5.74, 6) is 0.788. The van der Waals surface area contributed by atoms with E-state index in [0.29, 0.717) is 22.2 Å². The zero-order valence-electron chi connectivity index (χ0n) is 10.4. The van der Waals surface area contributed by atoms with Crippen molar-refractivity contribution >= 4 is 17.6 Å². The van der Waals surface area contributed by atoms with Gasteiger partial charge in [0, 0.05) is 5.92 Å². The number of methoxy groups -OCH3 is 1. The molecular formula is C14H12ClNO3. The summed E-state index contributed by atoms with van der Waals surface area (Å²) in [5.41, 5.74) is 0.945. The first-order valence-electron chi connectivity index (χ1n) is 6.04. The van der Waals surface area contributed by atoms with Gasteiger partial charge >= 0.3 is 5.97 Å². The van der Waals surface area contributed by atoms with Crippen LogP contribution in [0.4, 0.5) is 0 Å². The molecule has 0 unspecified atom stereocenters. The van der Waals surface area contributed by atoms with Gasteiger partial charge in [0.05, 0.1) is 17.7 Å². The predicted octanol–water partition coefficient (Wildman–Crippen LogP) is 3.66. The van der Waals surface area contributed by atoms with Crippen molar-refractivity contribution in [1.29, 1.82) is 0 Å². The van der Waals surface area contributed by atoms with Crippen LogP contribution in [0.15, 0.2) is 28.7 Å². The second-order valence-corrected chi connectivity index (χ2v) is 4.88. The average Bonchev–Trinajstić information content (AvgIpc) is 3.18. The van der Waals surface area contributed by atoms with Gasteiger partial charge in [0.2, 0.25) is 5.89 Å². The molecule has 5 heteroatoms. The molecule has 0 radical (unpaired) electrons. The number of nitrogens with zero attached hydrogens (tertiary/aromatic N) is 1. The third-order valence-electron chi connectivity index (χ3n) is 3.08. The zero-order chi connectivity index (χ0) is 13.4. The number of esters is 1. The van der Waals surface area contributed by atoms with Gasteiger partial charge in [-0.3, -0.25) is 0 Å². The normalized spacial score (nSPS) is 14.4. The number of oxazole rings is 1. The zero-order valence-corrected chi connectivity index (χ0v) is 11.1. The van der Waals surface area contributed by atoms with Crippen molar-refractivity contribution in [2.75, 3.05) is 7.11 Å². The SMILES string of the molecule is COC(=O)c1nc(-c2ccccc2Cl)oc1C1CC1. The number of carbonyl (C=O) groups is 1. The van der Waals surface area contributed by atoms with Gasteiger partial charge in [0.15, 0.2) is 5.69 Å². The molecule has 1 fully saturated rings. The Balaban J connectivity index is 2.08. The minimum absolute atomic E-state index is 0.264. The fourth-order valence-corrected chi connectivity index (χ4v) is 2.16. The summed E-state index contributed by atoms with van der Waals surface area (Å²) in [6.45, 7) is 0. The summed E-state index contributed by atoms with van der Waals surface area (Å²) in [7, 11) is 1.34. The number of hydrogen-bond acceptors (Lipinski definition) is 4. The number of rotatable bonds is 3. The molecule has 1 aliphatic carbocycles. The molecule has 0 atom stereocenters. The average molecular weight is 278 g/mol. The Morgan fingerprint density at radius 2 is 2.16 bits per heavy atom. The number of carbonyl (C=O) groups excluding carboxylic acids is 1. The van der Waals surface area contributed by atoms with E-state index in [1.54, 1.807) is 6.07 Å². The Morgan fingerprint density at radius 3 is 2.79 bits per heavy atom. The summed E-state index contributed by atoms with van der Waals surface area (Å²) in [4.78, 5) is 16.0. The maximum Gasteiger partial charge on any atom is 0.360 e. The lowest BCUT2D eigenvalue weighted by atomic mass is 10.2. The van der Waals surface area contributed by atoms with Crippen LogP contribution in [0, 0.1) is 0 Å². The summed E-state index contributed by atoms with van der Waals surface area (Å²) < 4.78 is 10.5. The molecule has 0 bridgehead atoms. The third-order valence-corrected chi connectivity index (χ3v) is 3.41. The molecule has 4 nitrogen and oxygen atoms in total. The van der Waals surface area contributed by atoms with Crippen molar-refractivity contribution in [3.05, 3.63) is 40.7 Å². The maximum atomic E-state index is 11.7. The van der Waals surface area contributed by atoms with E-state index in [9.17, 15) is 4.79 Å². The molecule has 1 heterocycles. The number of ether oxygens (including phenoxy) is 1. The molecule has 1 aromatic heterocycles. The Bertz CT molecular complexity index is 631. The van der Waals surface area contributed by atoms with E-state index in [1.807, 2.05) is 18.2 Å². The maximum absolute atomic E-state index is 11.7. The van der Waals surface area contributed by atoms with Crippen LogP contribution < -0.4 is 0 Å². The van der Waals surface area contributed by atoms with E-state index in [0.717, 1.165) is 12.8 Å². The van der Waals surface area contributed by atoms with E-state index >= 15 is 0 Å². The highest BCUT2D eigenvalue weighted by Gasteiger charge is 2.34. The molecule has 2 aromatic rings. The summed E-state index contributed by atoms with van der Waals surface area (Å²) in [6, 6.07) is 7.25. The molecule has 0 N–H and O–H groups in total. The summed E-state index contributed by atoms with van der Waals surface area (Å²) >= 11 is 6.11. The lowest BCUT2D eigenvalue weighted by molar-refractivity contribution is 0.0592. The van der Waals surface area contributed by atoms with Crippen molar-refractivity contribution in [3.8, 4) is 11.5 Å². The lowest BCUT2D eigenvalue weighted by Crippen LogP contribution is -2.04. The first-order chi connectivity index (χ1) is 9.20. The first kappa shape index (κ1) is 12.2. The predicted molar refractivity (Wildman–Crippen MR) is 70.3 cm³/mol. The van der Waals surface area contributed by atoms with Crippen molar-refractivity contribution in [1.82, 2.24) is 4.98 Å². The monoisotopic (exact) mass is 277 g/mol. The van der Waals surface area contributed by atoms with Crippen molar-refractivity contribution in [2.24, 2.45) is 0 Å². The molecule has 0 saturated heterocycles. The van der Waals surface area contributed by atoms with Crippen LogP contribution >= 0.6 is 11.6 Å². The Morgan fingerprint density at radius 1 is 1.42 bits per heavy atom. The fourth-order valence-electron chi connectivity index (χ4n) is 1.95. The molecule has 0 amide bonds. The minimum Gasteiger partial charge on any atom is -0.464 e. The van der Waals surface area contributed by atoms with E-state index in [2.05, 4.69) is 4.98 Å². The van der Waals surface area contributed by atoms with Gasteiger partial charge in [0.25, 0.3) is 0 Å². The van der Waals surface area contributed by atoms with Gasteiger partial charge in [-0.1, -0.05) is 23.7 Å². The Labute approximate surface area is 115 Å². The van der Waals surface area contributed by atoms with Gasteiger partial charge in [-0.15, -0.1) is 0 Å². The van der Waals surface area contributed by atoms with Crippen LogP contribution in [-0.4, -0.2) is 18.1 Å². The Kier molecular flexibility index (Phi) is 3.03. The van der Waals surface area contributed by atoms with E-state index in [-0.39, 0.29) is 11.6 Å². The summed E-state index contributed by atoms with van der Waals surface area (Å²) in [5, 5.41) is 0.544. The quantitative estimate of drug-likeness (QED) is 0.804. The molecule has 19 heavy (non-hydrogen) atoms. The standard InChI is InChI=1S/C14H12ClNO3/c1-18-14(17)11-12(8-6-7-8)19-13(16-11)9-4-2-3-5-10(9)15/h2-5,8H,6-7H2,1H3. The van der Waals surface area contributed by atoms with Crippen LogP contribution in [0.2, 0.25) is 5.02 Å². The van der Waals surface area contributed by atoms with Crippen LogP contribution in [0.3, 0.4) is 0 Å². The highest BCUT2D eigenvalue weighted by Crippen LogP contribution is 2.43. The van der Waals surface area contributed by atoms with Crippen molar-refractivity contribution in [2.45, 2.75) is 18.8 Å². The van der Waals surface area contributed by atoms with Crippen LogP contribution in [0.5, 0.6) is 0 Å². The molecule has 0 aliphatic heterocycles. The molecule has 1 aromatic carbocycles. The molecule has 1 saturated carbocycles.